The average molecular weight is 329 g/mol. The van der Waals surface area contributed by atoms with E-state index in [1.165, 1.54) is 0 Å². The fourth-order valence-electron chi connectivity index (χ4n) is 2.73. The average Bonchev–Trinajstić information content (AvgIpc) is 2.98. The SMILES string of the molecule is O=C(CC(=O)N1CCc2ccccc21)NCc1ccccc1Cl. The van der Waals surface area contributed by atoms with Crippen molar-refractivity contribution in [3.63, 3.8) is 0 Å². The van der Waals surface area contributed by atoms with E-state index in [1.807, 2.05) is 42.5 Å². The molecule has 4 nitrogen and oxygen atoms in total. The van der Waals surface area contributed by atoms with Crippen molar-refractivity contribution in [2.24, 2.45) is 0 Å². The first-order chi connectivity index (χ1) is 11.1. The van der Waals surface area contributed by atoms with Gasteiger partial charge < -0.3 is 10.2 Å². The minimum absolute atomic E-state index is 0.154. The maximum Gasteiger partial charge on any atom is 0.236 e. The van der Waals surface area contributed by atoms with Crippen LogP contribution in [-0.2, 0) is 22.6 Å². The van der Waals surface area contributed by atoms with Gasteiger partial charge in [-0.25, -0.2) is 0 Å². The number of anilines is 1. The number of fused-ring (bicyclic) bond motifs is 1. The number of nitrogens with one attached hydrogen (secondary N) is 1. The van der Waals surface area contributed by atoms with E-state index in [1.54, 1.807) is 11.0 Å². The maximum atomic E-state index is 12.3. The molecule has 2 aromatic carbocycles. The van der Waals surface area contributed by atoms with Crippen molar-refractivity contribution in [3.05, 3.63) is 64.7 Å². The molecule has 0 bridgehead atoms. The van der Waals surface area contributed by atoms with E-state index < -0.39 is 0 Å². The molecular weight excluding hydrogens is 312 g/mol. The molecule has 0 unspecified atom stereocenters. The van der Waals surface area contributed by atoms with Gasteiger partial charge in [-0.2, -0.15) is 0 Å². The zero-order valence-corrected chi connectivity index (χ0v) is 13.3. The van der Waals surface area contributed by atoms with Gasteiger partial charge in [0.25, 0.3) is 0 Å². The third-order valence-electron chi connectivity index (χ3n) is 3.93. The Morgan fingerprint density at radius 3 is 2.65 bits per heavy atom. The van der Waals surface area contributed by atoms with Crippen LogP contribution < -0.4 is 10.2 Å². The highest BCUT2D eigenvalue weighted by atomic mass is 35.5. The van der Waals surface area contributed by atoms with Crippen LogP contribution in [0.3, 0.4) is 0 Å². The van der Waals surface area contributed by atoms with E-state index in [4.69, 9.17) is 11.6 Å². The summed E-state index contributed by atoms with van der Waals surface area (Å²) in [7, 11) is 0. The van der Waals surface area contributed by atoms with Crippen LogP contribution in [0.5, 0.6) is 0 Å². The van der Waals surface area contributed by atoms with Gasteiger partial charge in [0.1, 0.15) is 6.42 Å². The molecule has 0 fully saturated rings. The van der Waals surface area contributed by atoms with Crippen molar-refractivity contribution in [1.82, 2.24) is 5.32 Å². The first-order valence-electron chi connectivity index (χ1n) is 7.53. The van der Waals surface area contributed by atoms with E-state index >= 15 is 0 Å². The summed E-state index contributed by atoms with van der Waals surface area (Å²) in [6.45, 7) is 0.957. The number of carbonyl (C=O) groups excluding carboxylic acids is 2. The molecule has 5 heteroatoms. The van der Waals surface area contributed by atoms with Gasteiger partial charge in [-0.15, -0.1) is 0 Å². The summed E-state index contributed by atoms with van der Waals surface area (Å²) >= 11 is 6.05. The molecule has 1 aliphatic heterocycles. The molecule has 0 aliphatic carbocycles. The quantitative estimate of drug-likeness (QED) is 0.877. The smallest absolute Gasteiger partial charge is 0.236 e. The maximum absolute atomic E-state index is 12.3. The summed E-state index contributed by atoms with van der Waals surface area (Å²) in [6.07, 6.45) is 0.682. The van der Waals surface area contributed by atoms with E-state index in [9.17, 15) is 9.59 Å². The number of benzene rings is 2. The predicted octanol–water partition coefficient (Wildman–Crippen LogP) is 2.94. The van der Waals surface area contributed by atoms with Crippen LogP contribution in [0.15, 0.2) is 48.5 Å². The number of carbonyl (C=O) groups is 2. The van der Waals surface area contributed by atoms with Gasteiger partial charge in [-0.05, 0) is 29.7 Å². The fourth-order valence-corrected chi connectivity index (χ4v) is 2.93. The molecule has 118 valence electrons. The van der Waals surface area contributed by atoms with Crippen LogP contribution in [0.25, 0.3) is 0 Å². The van der Waals surface area contributed by atoms with Gasteiger partial charge in [-0.3, -0.25) is 9.59 Å². The third kappa shape index (κ3) is 3.54. The molecule has 0 radical (unpaired) electrons. The monoisotopic (exact) mass is 328 g/mol. The van der Waals surface area contributed by atoms with Gasteiger partial charge in [0.15, 0.2) is 0 Å². The zero-order chi connectivity index (χ0) is 16.2. The van der Waals surface area contributed by atoms with Crippen LogP contribution in [0, 0.1) is 0 Å². The molecule has 0 saturated carbocycles. The zero-order valence-electron chi connectivity index (χ0n) is 12.6. The lowest BCUT2D eigenvalue weighted by molar-refractivity contribution is -0.128. The lowest BCUT2D eigenvalue weighted by atomic mass is 10.2. The molecule has 0 spiro atoms. The summed E-state index contributed by atoms with van der Waals surface area (Å²) in [4.78, 5) is 26.0. The molecular formula is C18H17ClN2O2. The van der Waals surface area contributed by atoms with Crippen LogP contribution >= 0.6 is 11.6 Å². The normalized spacial score (nSPS) is 12.8. The van der Waals surface area contributed by atoms with Crippen molar-refractivity contribution in [1.29, 1.82) is 0 Å². The standard InChI is InChI=1S/C18H17ClN2O2/c19-15-7-3-1-6-14(15)12-20-17(22)11-18(23)21-10-9-13-5-2-4-8-16(13)21/h1-8H,9-12H2,(H,20,22). The third-order valence-corrected chi connectivity index (χ3v) is 4.30. The van der Waals surface area contributed by atoms with Gasteiger partial charge in [0.2, 0.25) is 11.8 Å². The molecule has 0 aromatic heterocycles. The summed E-state index contributed by atoms with van der Waals surface area (Å²) in [5, 5.41) is 3.35. The molecule has 0 saturated heterocycles. The van der Waals surface area contributed by atoms with Crippen molar-refractivity contribution in [2.45, 2.75) is 19.4 Å². The van der Waals surface area contributed by atoms with Crippen molar-refractivity contribution in [2.75, 3.05) is 11.4 Å². The molecule has 23 heavy (non-hydrogen) atoms. The molecule has 1 heterocycles. The Morgan fingerprint density at radius 1 is 1.09 bits per heavy atom. The highest BCUT2D eigenvalue weighted by molar-refractivity contribution is 6.31. The summed E-state index contributed by atoms with van der Waals surface area (Å²) in [5.41, 5.74) is 2.90. The van der Waals surface area contributed by atoms with Gasteiger partial charge in [0, 0.05) is 23.8 Å². The molecule has 0 atom stereocenters. The van der Waals surface area contributed by atoms with Crippen molar-refractivity contribution < 1.29 is 9.59 Å². The Balaban J connectivity index is 1.56. The van der Waals surface area contributed by atoms with Gasteiger partial charge in [0.05, 0.1) is 0 Å². The summed E-state index contributed by atoms with van der Waals surface area (Å²) in [5.74, 6) is -0.467. The minimum atomic E-state index is -0.292. The van der Waals surface area contributed by atoms with E-state index in [0.29, 0.717) is 18.1 Å². The fraction of sp³-hybridized carbons (Fsp3) is 0.222. The Hall–Kier alpha value is -2.33. The number of hydrogen-bond acceptors (Lipinski definition) is 2. The summed E-state index contributed by atoms with van der Waals surface area (Å²) in [6, 6.07) is 15.1. The second-order valence-corrected chi connectivity index (χ2v) is 5.88. The molecule has 1 aliphatic rings. The lowest BCUT2D eigenvalue weighted by Gasteiger charge is -2.17. The topological polar surface area (TPSA) is 49.4 Å². The van der Waals surface area contributed by atoms with Crippen LogP contribution in [-0.4, -0.2) is 18.4 Å². The number of nitrogens with zero attached hydrogens (tertiary/aromatic N) is 1. The number of amides is 2. The Bertz CT molecular complexity index is 745. The number of hydrogen-bond donors (Lipinski definition) is 1. The summed E-state index contributed by atoms with van der Waals surface area (Å²) < 4.78 is 0. The Kier molecular flexibility index (Phi) is 4.63. The number of para-hydroxylation sites is 1. The highest BCUT2D eigenvalue weighted by Crippen LogP contribution is 2.27. The molecule has 3 rings (SSSR count). The number of halogens is 1. The lowest BCUT2D eigenvalue weighted by Crippen LogP contribution is -2.34. The van der Waals surface area contributed by atoms with Crippen molar-refractivity contribution in [3.8, 4) is 0 Å². The predicted molar refractivity (Wildman–Crippen MR) is 90.4 cm³/mol. The van der Waals surface area contributed by atoms with Crippen LogP contribution in [0.2, 0.25) is 5.02 Å². The Morgan fingerprint density at radius 2 is 1.83 bits per heavy atom. The Labute approximate surface area is 140 Å². The van der Waals surface area contributed by atoms with E-state index in [2.05, 4.69) is 5.32 Å². The first-order valence-corrected chi connectivity index (χ1v) is 7.91. The second-order valence-electron chi connectivity index (χ2n) is 5.47. The number of rotatable bonds is 4. The van der Waals surface area contributed by atoms with Gasteiger partial charge >= 0.3 is 0 Å². The van der Waals surface area contributed by atoms with E-state index in [0.717, 1.165) is 23.2 Å². The first kappa shape index (κ1) is 15.6. The largest absolute Gasteiger partial charge is 0.352 e. The minimum Gasteiger partial charge on any atom is -0.352 e. The molecule has 2 amide bonds. The molecule has 1 N–H and O–H groups in total. The van der Waals surface area contributed by atoms with Crippen LogP contribution in [0.4, 0.5) is 5.69 Å². The molecule has 2 aromatic rings. The second kappa shape index (κ2) is 6.84. The van der Waals surface area contributed by atoms with Crippen molar-refractivity contribution >= 4 is 29.1 Å². The van der Waals surface area contributed by atoms with Crippen LogP contribution in [0.1, 0.15) is 17.5 Å². The van der Waals surface area contributed by atoms with Gasteiger partial charge in [-0.1, -0.05) is 48.0 Å². The van der Waals surface area contributed by atoms with E-state index in [-0.39, 0.29) is 18.2 Å². The highest BCUT2D eigenvalue weighted by Gasteiger charge is 2.25.